The topological polar surface area (TPSA) is 54.6 Å². The van der Waals surface area contributed by atoms with Crippen LogP contribution in [0.25, 0.3) is 0 Å². The smallest absolute Gasteiger partial charge is 0.271 e. The molecule has 2 aromatic rings. The van der Waals surface area contributed by atoms with Crippen LogP contribution in [0.5, 0.6) is 0 Å². The number of carbonyl (C=O) groups is 1. The molecule has 1 amide bonds. The average Bonchev–Trinajstić information content (AvgIpc) is 2.69. The Morgan fingerprint density at radius 2 is 2.11 bits per heavy atom. The van der Waals surface area contributed by atoms with Gasteiger partial charge in [0, 0.05) is 34.2 Å². The zero-order valence-corrected chi connectivity index (χ0v) is 12.8. The number of furan rings is 1. The van der Waals surface area contributed by atoms with E-state index >= 15 is 0 Å². The molecule has 0 fully saturated rings. The van der Waals surface area contributed by atoms with E-state index in [1.807, 2.05) is 6.07 Å². The first kappa shape index (κ1) is 13.3. The van der Waals surface area contributed by atoms with E-state index in [1.54, 1.807) is 30.3 Å². The van der Waals surface area contributed by atoms with Crippen molar-refractivity contribution in [3.63, 3.8) is 0 Å². The number of hydrazone groups is 1. The molecular formula is C12H8BrIN2O2. The van der Waals surface area contributed by atoms with Crippen molar-refractivity contribution < 1.29 is 9.21 Å². The molecule has 1 N–H and O–H groups in total. The minimum atomic E-state index is -0.257. The van der Waals surface area contributed by atoms with Crippen molar-refractivity contribution >= 4 is 50.6 Å². The Labute approximate surface area is 126 Å². The van der Waals surface area contributed by atoms with Gasteiger partial charge in [0.1, 0.15) is 5.76 Å². The Morgan fingerprint density at radius 3 is 2.72 bits per heavy atom. The summed E-state index contributed by atoms with van der Waals surface area (Å²) in [6.07, 6.45) is 1.45. The minimum Gasteiger partial charge on any atom is -0.448 e. The first-order valence-corrected chi connectivity index (χ1v) is 6.87. The van der Waals surface area contributed by atoms with Crippen molar-refractivity contribution in [1.82, 2.24) is 5.43 Å². The molecule has 1 aromatic carbocycles. The summed E-state index contributed by atoms with van der Waals surface area (Å²) in [6, 6.07) is 10.7. The second-order valence-electron chi connectivity index (χ2n) is 3.34. The number of nitrogens with zero attached hydrogens (tertiary/aromatic N) is 1. The number of carbonyl (C=O) groups excluding carboxylic acids is 1. The van der Waals surface area contributed by atoms with Crippen LogP contribution in [0.4, 0.5) is 0 Å². The Kier molecular flexibility index (Phi) is 4.54. The average molecular weight is 419 g/mol. The van der Waals surface area contributed by atoms with Gasteiger partial charge in [0.2, 0.25) is 0 Å². The molecule has 1 heterocycles. The predicted octanol–water partition coefficient (Wildman–Crippen LogP) is 3.41. The highest BCUT2D eigenvalue weighted by atomic mass is 127. The number of hydrogen-bond donors (Lipinski definition) is 1. The largest absolute Gasteiger partial charge is 0.448 e. The molecular weight excluding hydrogens is 411 g/mol. The van der Waals surface area contributed by atoms with Crippen LogP contribution >= 0.6 is 38.5 Å². The molecule has 0 unspecified atom stereocenters. The normalized spacial score (nSPS) is 10.8. The maximum Gasteiger partial charge on any atom is 0.271 e. The second-order valence-corrected chi connectivity index (χ2v) is 5.17. The zero-order chi connectivity index (χ0) is 13.0. The molecule has 6 heteroatoms. The molecule has 0 atom stereocenters. The van der Waals surface area contributed by atoms with Crippen LogP contribution in [0.3, 0.4) is 0 Å². The van der Waals surface area contributed by atoms with E-state index < -0.39 is 0 Å². The zero-order valence-electron chi connectivity index (χ0n) is 9.06. The number of rotatable bonds is 3. The SMILES string of the molecule is O=C(N/N=C\c1cc(Br)c(I)o1)c1ccccc1. The van der Waals surface area contributed by atoms with Crippen molar-refractivity contribution in [2.45, 2.75) is 0 Å². The Bertz CT molecular complexity index is 562. The third-order valence-corrected chi connectivity index (χ3v) is 4.19. The summed E-state index contributed by atoms with van der Waals surface area (Å²) in [5.74, 6) is 0.312. The lowest BCUT2D eigenvalue weighted by Crippen LogP contribution is -2.17. The van der Waals surface area contributed by atoms with E-state index in [0.29, 0.717) is 11.3 Å². The number of benzene rings is 1. The molecule has 0 radical (unpaired) electrons. The number of amides is 1. The van der Waals surface area contributed by atoms with E-state index in [9.17, 15) is 4.79 Å². The second kappa shape index (κ2) is 6.14. The van der Waals surface area contributed by atoms with Crippen LogP contribution in [0, 0.1) is 3.77 Å². The van der Waals surface area contributed by atoms with Crippen LogP contribution in [0.2, 0.25) is 0 Å². The van der Waals surface area contributed by atoms with Gasteiger partial charge < -0.3 is 4.42 Å². The van der Waals surface area contributed by atoms with Crippen LogP contribution in [-0.2, 0) is 0 Å². The summed E-state index contributed by atoms with van der Waals surface area (Å²) < 4.78 is 6.94. The fourth-order valence-electron chi connectivity index (χ4n) is 1.24. The van der Waals surface area contributed by atoms with Gasteiger partial charge >= 0.3 is 0 Å². The third-order valence-electron chi connectivity index (χ3n) is 2.06. The number of nitrogens with one attached hydrogen (secondary N) is 1. The molecule has 1 aromatic heterocycles. The Morgan fingerprint density at radius 1 is 1.39 bits per heavy atom. The Balaban J connectivity index is 1.98. The van der Waals surface area contributed by atoms with Crippen molar-refractivity contribution in [2.75, 3.05) is 0 Å². The molecule has 0 saturated carbocycles. The van der Waals surface area contributed by atoms with Crippen LogP contribution < -0.4 is 5.43 Å². The van der Waals surface area contributed by atoms with Gasteiger partial charge in [-0.15, -0.1) is 0 Å². The summed E-state index contributed by atoms with van der Waals surface area (Å²) in [4.78, 5) is 11.6. The molecule has 0 aliphatic heterocycles. The van der Waals surface area contributed by atoms with Crippen LogP contribution in [0.15, 0.2) is 50.4 Å². The van der Waals surface area contributed by atoms with Crippen molar-refractivity contribution in [3.8, 4) is 0 Å². The standard InChI is InChI=1S/C12H8BrIN2O2/c13-10-6-9(18-11(10)14)7-15-16-12(17)8-4-2-1-3-5-8/h1-7H,(H,16,17)/b15-7-. The van der Waals surface area contributed by atoms with Gasteiger partial charge in [0.25, 0.3) is 5.91 Å². The molecule has 0 aliphatic rings. The maximum atomic E-state index is 11.6. The van der Waals surface area contributed by atoms with E-state index in [-0.39, 0.29) is 5.91 Å². The summed E-state index contributed by atoms with van der Waals surface area (Å²) >= 11 is 5.38. The van der Waals surface area contributed by atoms with Gasteiger partial charge in [0.05, 0.1) is 10.7 Å². The molecule has 0 aliphatic carbocycles. The van der Waals surface area contributed by atoms with Crippen molar-refractivity contribution in [3.05, 3.63) is 56.0 Å². The minimum absolute atomic E-state index is 0.257. The van der Waals surface area contributed by atoms with Gasteiger partial charge in [-0.3, -0.25) is 4.79 Å². The lowest BCUT2D eigenvalue weighted by atomic mass is 10.2. The van der Waals surface area contributed by atoms with Crippen molar-refractivity contribution in [1.29, 1.82) is 0 Å². The fourth-order valence-corrected chi connectivity index (χ4v) is 1.95. The first-order valence-electron chi connectivity index (χ1n) is 5.00. The Hall–Kier alpha value is -1.15. The van der Waals surface area contributed by atoms with Gasteiger partial charge in [0.15, 0.2) is 3.77 Å². The summed E-state index contributed by atoms with van der Waals surface area (Å²) in [5, 5.41) is 3.83. The highest BCUT2D eigenvalue weighted by Gasteiger charge is 2.04. The van der Waals surface area contributed by atoms with Gasteiger partial charge in [-0.25, -0.2) is 5.43 Å². The summed E-state index contributed by atoms with van der Waals surface area (Å²) in [5.41, 5.74) is 2.99. The first-order chi connectivity index (χ1) is 8.66. The highest BCUT2D eigenvalue weighted by Crippen LogP contribution is 2.21. The van der Waals surface area contributed by atoms with Crippen LogP contribution in [0.1, 0.15) is 16.1 Å². The van der Waals surface area contributed by atoms with Gasteiger partial charge in [-0.2, -0.15) is 5.10 Å². The molecule has 0 saturated heterocycles. The third kappa shape index (κ3) is 3.42. The molecule has 0 bridgehead atoms. The van der Waals surface area contributed by atoms with E-state index in [2.05, 4.69) is 49.0 Å². The van der Waals surface area contributed by atoms with Gasteiger partial charge in [-0.1, -0.05) is 18.2 Å². The molecule has 18 heavy (non-hydrogen) atoms. The molecule has 92 valence electrons. The van der Waals surface area contributed by atoms with Gasteiger partial charge in [-0.05, 0) is 28.1 Å². The fraction of sp³-hybridized carbons (Fsp3) is 0. The quantitative estimate of drug-likeness (QED) is 0.471. The molecule has 0 spiro atoms. The maximum absolute atomic E-state index is 11.6. The summed E-state index contributed by atoms with van der Waals surface area (Å²) in [7, 11) is 0. The number of hydrogen-bond acceptors (Lipinski definition) is 3. The predicted molar refractivity (Wildman–Crippen MR) is 80.6 cm³/mol. The molecule has 4 nitrogen and oxygen atoms in total. The lowest BCUT2D eigenvalue weighted by Gasteiger charge is -1.97. The van der Waals surface area contributed by atoms with E-state index in [1.165, 1.54) is 6.21 Å². The van der Waals surface area contributed by atoms with Crippen LogP contribution in [-0.4, -0.2) is 12.1 Å². The molecule has 2 rings (SSSR count). The summed E-state index contributed by atoms with van der Waals surface area (Å²) in [6.45, 7) is 0. The number of halogens is 2. The van der Waals surface area contributed by atoms with Crippen molar-refractivity contribution in [2.24, 2.45) is 5.10 Å². The highest BCUT2D eigenvalue weighted by molar-refractivity contribution is 14.1. The van der Waals surface area contributed by atoms with E-state index in [4.69, 9.17) is 4.42 Å². The van der Waals surface area contributed by atoms with E-state index in [0.717, 1.165) is 8.24 Å². The monoisotopic (exact) mass is 418 g/mol. The lowest BCUT2D eigenvalue weighted by molar-refractivity contribution is 0.0955.